The van der Waals surface area contributed by atoms with Gasteiger partial charge in [-0.05, 0) is 45.8 Å². The Balaban J connectivity index is 2.29. The smallest absolute Gasteiger partial charge is 0.0474 e. The molecule has 0 saturated carbocycles. The fraction of sp³-hybridized carbons (Fsp3) is 0.667. The predicted molar refractivity (Wildman–Crippen MR) is 90.6 cm³/mol. The number of rotatable bonds is 4. The van der Waals surface area contributed by atoms with Crippen LogP contribution in [0, 0.1) is 13.8 Å². The molecular formula is C18H31N3. The Bertz CT molecular complexity index is 438. The van der Waals surface area contributed by atoms with E-state index in [1.54, 1.807) is 0 Å². The van der Waals surface area contributed by atoms with Gasteiger partial charge in [-0.15, -0.1) is 0 Å². The second kappa shape index (κ2) is 7.39. The van der Waals surface area contributed by atoms with E-state index >= 15 is 0 Å². The molecule has 0 bridgehead atoms. The largest absolute Gasteiger partial charge is 0.329 e. The zero-order valence-electron chi connectivity index (χ0n) is 14.1. The first-order valence-corrected chi connectivity index (χ1v) is 8.27. The van der Waals surface area contributed by atoms with Gasteiger partial charge in [0.25, 0.3) is 0 Å². The molecule has 0 amide bonds. The molecule has 2 rings (SSSR count). The van der Waals surface area contributed by atoms with Crippen LogP contribution in [0.25, 0.3) is 0 Å². The zero-order valence-corrected chi connectivity index (χ0v) is 14.1. The minimum atomic E-state index is 0.347. The van der Waals surface area contributed by atoms with E-state index in [1.807, 2.05) is 0 Å². The van der Waals surface area contributed by atoms with E-state index in [0.29, 0.717) is 18.6 Å². The maximum Gasteiger partial charge on any atom is 0.0474 e. The van der Waals surface area contributed by atoms with Crippen molar-refractivity contribution in [2.24, 2.45) is 5.73 Å². The topological polar surface area (TPSA) is 32.5 Å². The van der Waals surface area contributed by atoms with E-state index in [-0.39, 0.29) is 0 Å². The molecule has 1 aliphatic heterocycles. The van der Waals surface area contributed by atoms with Gasteiger partial charge in [-0.2, -0.15) is 0 Å². The summed E-state index contributed by atoms with van der Waals surface area (Å²) in [6.07, 6.45) is 2.42. The monoisotopic (exact) mass is 289 g/mol. The first-order chi connectivity index (χ1) is 10.0. The normalized spacial score (nSPS) is 23.0. The highest BCUT2D eigenvalue weighted by atomic mass is 15.3. The van der Waals surface area contributed by atoms with Crippen LogP contribution in [-0.4, -0.2) is 49.1 Å². The van der Waals surface area contributed by atoms with Crippen LogP contribution in [-0.2, 0) is 0 Å². The molecule has 2 atom stereocenters. The third-order valence-corrected chi connectivity index (χ3v) is 4.67. The van der Waals surface area contributed by atoms with Crippen LogP contribution < -0.4 is 5.73 Å². The molecule has 1 aromatic carbocycles. The van der Waals surface area contributed by atoms with Crippen LogP contribution in [0.5, 0.6) is 0 Å². The summed E-state index contributed by atoms with van der Waals surface area (Å²) < 4.78 is 0. The van der Waals surface area contributed by atoms with Crippen LogP contribution in [0.3, 0.4) is 0 Å². The van der Waals surface area contributed by atoms with E-state index < -0.39 is 0 Å². The maximum absolute atomic E-state index is 6.18. The summed E-state index contributed by atoms with van der Waals surface area (Å²) in [7, 11) is 2.24. The van der Waals surface area contributed by atoms with E-state index in [2.05, 4.69) is 55.8 Å². The standard InChI is InChI=1S/C18H31N3/c1-5-17-13-20(4)7-6-8-21(17)18(12-19)16-10-14(2)9-15(3)11-16/h9-11,17-18H,5-8,12-13,19H2,1-4H3. The third kappa shape index (κ3) is 4.06. The van der Waals surface area contributed by atoms with Gasteiger partial charge in [0.2, 0.25) is 0 Å². The van der Waals surface area contributed by atoms with Crippen LogP contribution in [0.1, 0.15) is 42.5 Å². The molecule has 2 N–H and O–H groups in total. The van der Waals surface area contributed by atoms with Crippen molar-refractivity contribution in [1.82, 2.24) is 9.80 Å². The van der Waals surface area contributed by atoms with Crippen molar-refractivity contribution in [3.63, 3.8) is 0 Å². The molecule has 3 nitrogen and oxygen atoms in total. The molecule has 3 heteroatoms. The third-order valence-electron chi connectivity index (χ3n) is 4.67. The minimum absolute atomic E-state index is 0.347. The summed E-state index contributed by atoms with van der Waals surface area (Å²) in [5.74, 6) is 0. The summed E-state index contributed by atoms with van der Waals surface area (Å²) in [6.45, 7) is 10.8. The van der Waals surface area contributed by atoms with E-state index in [1.165, 1.54) is 36.1 Å². The molecule has 0 radical (unpaired) electrons. The molecular weight excluding hydrogens is 258 g/mol. The Labute approximate surface area is 130 Å². The molecule has 1 saturated heterocycles. The van der Waals surface area contributed by atoms with E-state index in [9.17, 15) is 0 Å². The molecule has 1 aromatic rings. The lowest BCUT2D eigenvalue weighted by molar-refractivity contribution is 0.131. The number of benzene rings is 1. The van der Waals surface area contributed by atoms with Gasteiger partial charge in [-0.1, -0.05) is 36.2 Å². The molecule has 1 fully saturated rings. The van der Waals surface area contributed by atoms with Gasteiger partial charge in [0.05, 0.1) is 0 Å². The predicted octanol–water partition coefficient (Wildman–Crippen LogP) is 2.72. The van der Waals surface area contributed by atoms with Crippen molar-refractivity contribution in [3.8, 4) is 0 Å². The zero-order chi connectivity index (χ0) is 15.4. The van der Waals surface area contributed by atoms with Crippen molar-refractivity contribution >= 4 is 0 Å². The Morgan fingerprint density at radius 1 is 1.19 bits per heavy atom. The molecule has 118 valence electrons. The molecule has 0 aromatic heterocycles. The Kier molecular flexibility index (Phi) is 5.80. The SMILES string of the molecule is CCC1CN(C)CCCN1C(CN)c1cc(C)cc(C)c1. The number of nitrogens with two attached hydrogens (primary N) is 1. The average molecular weight is 289 g/mol. The second-order valence-electron chi connectivity index (χ2n) is 6.59. The molecule has 1 heterocycles. The van der Waals surface area contributed by atoms with Gasteiger partial charge < -0.3 is 10.6 Å². The maximum atomic E-state index is 6.18. The fourth-order valence-electron chi connectivity index (χ4n) is 3.70. The Hall–Kier alpha value is -0.900. The number of hydrogen-bond donors (Lipinski definition) is 1. The summed E-state index contributed by atoms with van der Waals surface area (Å²) in [5, 5.41) is 0. The quantitative estimate of drug-likeness (QED) is 0.925. The summed E-state index contributed by atoms with van der Waals surface area (Å²) in [4.78, 5) is 5.11. The van der Waals surface area contributed by atoms with Crippen molar-refractivity contribution in [2.45, 2.75) is 45.7 Å². The van der Waals surface area contributed by atoms with Gasteiger partial charge >= 0.3 is 0 Å². The highest BCUT2D eigenvalue weighted by molar-refractivity contribution is 5.31. The van der Waals surface area contributed by atoms with Crippen LogP contribution >= 0.6 is 0 Å². The highest BCUT2D eigenvalue weighted by Gasteiger charge is 2.28. The van der Waals surface area contributed by atoms with Gasteiger partial charge in [-0.3, -0.25) is 4.90 Å². The van der Waals surface area contributed by atoms with Crippen molar-refractivity contribution in [2.75, 3.05) is 33.2 Å². The lowest BCUT2D eigenvalue weighted by atomic mass is 9.98. The van der Waals surface area contributed by atoms with Crippen molar-refractivity contribution < 1.29 is 0 Å². The number of likely N-dealkylation sites (N-methyl/N-ethyl adjacent to an activating group) is 1. The number of nitrogens with zero attached hydrogens (tertiary/aromatic N) is 2. The van der Waals surface area contributed by atoms with Crippen LogP contribution in [0.15, 0.2) is 18.2 Å². The van der Waals surface area contributed by atoms with Gasteiger partial charge in [0, 0.05) is 31.7 Å². The second-order valence-corrected chi connectivity index (χ2v) is 6.59. The summed E-state index contributed by atoms with van der Waals surface area (Å²) in [5.41, 5.74) is 10.2. The number of hydrogen-bond acceptors (Lipinski definition) is 3. The average Bonchev–Trinajstić information content (AvgIpc) is 2.60. The molecule has 0 aliphatic carbocycles. The fourth-order valence-corrected chi connectivity index (χ4v) is 3.70. The van der Waals surface area contributed by atoms with Crippen molar-refractivity contribution in [1.29, 1.82) is 0 Å². The first kappa shape index (κ1) is 16.5. The highest BCUT2D eigenvalue weighted by Crippen LogP contribution is 2.27. The summed E-state index contributed by atoms with van der Waals surface area (Å²) in [6, 6.07) is 7.81. The molecule has 0 spiro atoms. The lowest BCUT2D eigenvalue weighted by Crippen LogP contribution is -2.44. The Morgan fingerprint density at radius 3 is 2.43 bits per heavy atom. The Morgan fingerprint density at radius 2 is 1.86 bits per heavy atom. The minimum Gasteiger partial charge on any atom is -0.329 e. The van der Waals surface area contributed by atoms with E-state index in [0.717, 1.165) is 13.1 Å². The van der Waals surface area contributed by atoms with Crippen LogP contribution in [0.2, 0.25) is 0 Å². The van der Waals surface area contributed by atoms with Gasteiger partial charge in [0.1, 0.15) is 0 Å². The van der Waals surface area contributed by atoms with Crippen molar-refractivity contribution in [3.05, 3.63) is 34.9 Å². The van der Waals surface area contributed by atoms with Gasteiger partial charge in [0.15, 0.2) is 0 Å². The first-order valence-electron chi connectivity index (χ1n) is 8.27. The molecule has 1 aliphatic rings. The molecule has 21 heavy (non-hydrogen) atoms. The number of aryl methyl sites for hydroxylation is 2. The van der Waals surface area contributed by atoms with Crippen LogP contribution in [0.4, 0.5) is 0 Å². The van der Waals surface area contributed by atoms with Gasteiger partial charge in [-0.25, -0.2) is 0 Å². The van der Waals surface area contributed by atoms with E-state index in [4.69, 9.17) is 5.73 Å². The summed E-state index contributed by atoms with van der Waals surface area (Å²) >= 11 is 0. The lowest BCUT2D eigenvalue weighted by Gasteiger charge is -2.37. The molecule has 2 unspecified atom stereocenters.